The van der Waals surface area contributed by atoms with E-state index in [4.69, 9.17) is 5.73 Å². The summed E-state index contributed by atoms with van der Waals surface area (Å²) < 4.78 is 0. The summed E-state index contributed by atoms with van der Waals surface area (Å²) in [4.78, 5) is 26.9. The molecule has 2 amide bonds. The maximum atomic E-state index is 12.0. The Balaban J connectivity index is 2.34. The number of amides is 2. The monoisotopic (exact) mass is 256 g/mol. The van der Waals surface area contributed by atoms with Crippen molar-refractivity contribution in [2.45, 2.75) is 25.8 Å². The molecule has 1 rings (SSSR count). The van der Waals surface area contributed by atoms with Crippen LogP contribution in [0.25, 0.3) is 0 Å². The van der Waals surface area contributed by atoms with Gasteiger partial charge in [0.25, 0.3) is 0 Å². The normalized spacial score (nSPS) is 17.8. The van der Waals surface area contributed by atoms with Crippen LogP contribution in [0.4, 0.5) is 0 Å². The first-order valence-electron chi connectivity index (χ1n) is 6.30. The molecule has 0 bridgehead atoms. The van der Waals surface area contributed by atoms with Crippen molar-refractivity contribution in [1.82, 2.24) is 15.1 Å². The van der Waals surface area contributed by atoms with Gasteiger partial charge in [0.1, 0.15) is 0 Å². The molecule has 0 radical (unpaired) electrons. The lowest BCUT2D eigenvalue weighted by atomic mass is 10.0. The van der Waals surface area contributed by atoms with E-state index in [9.17, 15) is 9.59 Å². The summed E-state index contributed by atoms with van der Waals surface area (Å²) in [6.45, 7) is 7.36. The van der Waals surface area contributed by atoms with E-state index in [0.29, 0.717) is 0 Å². The minimum atomic E-state index is -0.436. The van der Waals surface area contributed by atoms with Crippen LogP contribution in [0.2, 0.25) is 0 Å². The zero-order chi connectivity index (χ0) is 13.8. The highest BCUT2D eigenvalue weighted by atomic mass is 16.2. The van der Waals surface area contributed by atoms with Crippen molar-refractivity contribution in [3.63, 3.8) is 0 Å². The maximum absolute atomic E-state index is 12.0. The molecule has 1 saturated heterocycles. The number of hydrogen-bond acceptors (Lipinski definition) is 4. The molecule has 1 fully saturated rings. The van der Waals surface area contributed by atoms with Gasteiger partial charge in [0.2, 0.25) is 11.8 Å². The van der Waals surface area contributed by atoms with Gasteiger partial charge in [0.05, 0.1) is 6.54 Å². The van der Waals surface area contributed by atoms with Crippen molar-refractivity contribution in [1.29, 1.82) is 0 Å². The van der Waals surface area contributed by atoms with Crippen LogP contribution >= 0.6 is 0 Å². The molecule has 1 aliphatic heterocycles. The zero-order valence-corrected chi connectivity index (χ0v) is 11.5. The van der Waals surface area contributed by atoms with Crippen LogP contribution in [0.15, 0.2) is 0 Å². The number of nitrogens with two attached hydrogens (primary N) is 1. The summed E-state index contributed by atoms with van der Waals surface area (Å²) in [5.74, 6) is -0.278. The summed E-state index contributed by atoms with van der Waals surface area (Å²) in [5.41, 5.74) is 4.73. The molecule has 0 saturated carbocycles. The van der Waals surface area contributed by atoms with Crippen LogP contribution in [0.5, 0.6) is 0 Å². The lowest BCUT2D eigenvalue weighted by molar-refractivity contribution is -0.132. The Hall–Kier alpha value is -1.14. The number of piperazine rings is 1. The van der Waals surface area contributed by atoms with E-state index in [1.807, 2.05) is 18.7 Å². The molecular formula is C12H24N4O2. The van der Waals surface area contributed by atoms with E-state index >= 15 is 0 Å². The number of likely N-dealkylation sites (N-methyl/N-ethyl adjacent to an activating group) is 1. The number of carbonyl (C=O) groups excluding carboxylic acids is 2. The molecule has 1 heterocycles. The highest BCUT2D eigenvalue weighted by Gasteiger charge is 2.23. The summed E-state index contributed by atoms with van der Waals surface area (Å²) in [6, 6.07) is 0. The standard InChI is InChI=1S/C12H24N4O2/c1-12(2,8-10(13)17)14-9-11(18)16-6-4-15(3)5-7-16/h14H,4-9H2,1-3H3,(H2,13,17). The average Bonchev–Trinajstić information content (AvgIpc) is 2.25. The van der Waals surface area contributed by atoms with Crippen molar-refractivity contribution >= 4 is 11.8 Å². The van der Waals surface area contributed by atoms with Gasteiger partial charge in [0, 0.05) is 38.1 Å². The van der Waals surface area contributed by atoms with Crippen LogP contribution in [0.1, 0.15) is 20.3 Å². The molecule has 0 aromatic carbocycles. The fourth-order valence-corrected chi connectivity index (χ4v) is 1.98. The van der Waals surface area contributed by atoms with Crippen LogP contribution in [0.3, 0.4) is 0 Å². The van der Waals surface area contributed by atoms with Gasteiger partial charge in [-0.3, -0.25) is 9.59 Å². The molecule has 6 nitrogen and oxygen atoms in total. The van der Waals surface area contributed by atoms with E-state index < -0.39 is 5.54 Å². The van der Waals surface area contributed by atoms with Crippen molar-refractivity contribution in [2.24, 2.45) is 5.73 Å². The fraction of sp³-hybridized carbons (Fsp3) is 0.833. The molecule has 104 valence electrons. The number of primary amides is 1. The van der Waals surface area contributed by atoms with Gasteiger partial charge >= 0.3 is 0 Å². The smallest absolute Gasteiger partial charge is 0.236 e. The Kier molecular flexibility index (Phi) is 5.10. The third-order valence-electron chi connectivity index (χ3n) is 3.19. The van der Waals surface area contributed by atoms with E-state index in [0.717, 1.165) is 26.2 Å². The fourth-order valence-electron chi connectivity index (χ4n) is 1.98. The second kappa shape index (κ2) is 6.15. The van der Waals surface area contributed by atoms with Gasteiger partial charge in [0.15, 0.2) is 0 Å². The third-order valence-corrected chi connectivity index (χ3v) is 3.19. The number of nitrogens with one attached hydrogen (secondary N) is 1. The molecule has 0 unspecified atom stereocenters. The van der Waals surface area contributed by atoms with Crippen LogP contribution in [0, 0.1) is 0 Å². The summed E-state index contributed by atoms with van der Waals surface area (Å²) in [6.07, 6.45) is 0.225. The highest BCUT2D eigenvalue weighted by Crippen LogP contribution is 2.07. The lowest BCUT2D eigenvalue weighted by Crippen LogP contribution is -2.52. The van der Waals surface area contributed by atoms with Crippen LogP contribution in [-0.4, -0.2) is 66.9 Å². The molecule has 0 atom stereocenters. The molecule has 18 heavy (non-hydrogen) atoms. The van der Waals surface area contributed by atoms with Crippen molar-refractivity contribution in [3.8, 4) is 0 Å². The molecule has 0 aromatic heterocycles. The van der Waals surface area contributed by atoms with Crippen molar-refractivity contribution in [2.75, 3.05) is 39.8 Å². The maximum Gasteiger partial charge on any atom is 0.236 e. The predicted molar refractivity (Wildman–Crippen MR) is 70.0 cm³/mol. The van der Waals surface area contributed by atoms with Gasteiger partial charge in [-0.1, -0.05) is 0 Å². The summed E-state index contributed by atoms with van der Waals surface area (Å²) >= 11 is 0. The van der Waals surface area contributed by atoms with E-state index in [1.165, 1.54) is 0 Å². The molecule has 0 aromatic rings. The largest absolute Gasteiger partial charge is 0.370 e. The Morgan fingerprint density at radius 2 is 1.78 bits per heavy atom. The summed E-state index contributed by atoms with van der Waals surface area (Å²) in [7, 11) is 2.05. The zero-order valence-electron chi connectivity index (χ0n) is 11.5. The molecule has 1 aliphatic rings. The molecule has 6 heteroatoms. The predicted octanol–water partition coefficient (Wildman–Crippen LogP) is -0.996. The van der Waals surface area contributed by atoms with Gasteiger partial charge in [-0.25, -0.2) is 0 Å². The first-order chi connectivity index (χ1) is 8.30. The Labute approximate surface area is 108 Å². The number of hydrogen-bond donors (Lipinski definition) is 2. The first-order valence-corrected chi connectivity index (χ1v) is 6.30. The summed E-state index contributed by atoms with van der Waals surface area (Å²) in [5, 5.41) is 3.09. The van der Waals surface area contributed by atoms with E-state index in [-0.39, 0.29) is 24.8 Å². The van der Waals surface area contributed by atoms with Crippen molar-refractivity contribution < 1.29 is 9.59 Å². The second-order valence-electron chi connectivity index (χ2n) is 5.56. The van der Waals surface area contributed by atoms with Crippen LogP contribution < -0.4 is 11.1 Å². The number of rotatable bonds is 5. The topological polar surface area (TPSA) is 78.7 Å². The Bertz CT molecular complexity index is 309. The second-order valence-corrected chi connectivity index (χ2v) is 5.56. The third kappa shape index (κ3) is 5.01. The SMILES string of the molecule is CN1CCN(C(=O)CNC(C)(C)CC(N)=O)CC1. The number of nitrogens with zero attached hydrogens (tertiary/aromatic N) is 2. The average molecular weight is 256 g/mol. The highest BCUT2D eigenvalue weighted by molar-refractivity contribution is 5.79. The molecule has 0 spiro atoms. The quantitative estimate of drug-likeness (QED) is 0.661. The molecule has 0 aliphatic carbocycles. The van der Waals surface area contributed by atoms with Crippen LogP contribution in [-0.2, 0) is 9.59 Å². The number of carbonyl (C=O) groups is 2. The van der Waals surface area contributed by atoms with Crippen molar-refractivity contribution in [3.05, 3.63) is 0 Å². The first kappa shape index (κ1) is 14.9. The van der Waals surface area contributed by atoms with Gasteiger partial charge in [-0.2, -0.15) is 0 Å². The molecule has 3 N–H and O–H groups in total. The molecular weight excluding hydrogens is 232 g/mol. The van der Waals surface area contributed by atoms with E-state index in [1.54, 1.807) is 0 Å². The van der Waals surface area contributed by atoms with Gasteiger partial charge < -0.3 is 20.9 Å². The van der Waals surface area contributed by atoms with E-state index in [2.05, 4.69) is 17.3 Å². The lowest BCUT2D eigenvalue weighted by Gasteiger charge is -2.33. The minimum Gasteiger partial charge on any atom is -0.370 e. The Morgan fingerprint density at radius 1 is 1.22 bits per heavy atom. The van der Waals surface area contributed by atoms with Gasteiger partial charge in [-0.05, 0) is 20.9 Å². The minimum absolute atomic E-state index is 0.0839. The Morgan fingerprint density at radius 3 is 2.28 bits per heavy atom. The van der Waals surface area contributed by atoms with Gasteiger partial charge in [-0.15, -0.1) is 0 Å².